The van der Waals surface area contributed by atoms with E-state index in [1.54, 1.807) is 0 Å². The standard InChI is InChI=1S/C13H12BrClN2/c1-8-2-5-12(11(16)6-8)17-13-7-9(14)3-4-10(13)15/h2-7,17H,16H2,1H3. The molecule has 0 saturated carbocycles. The van der Waals surface area contributed by atoms with Crippen LogP contribution in [0.4, 0.5) is 17.1 Å². The van der Waals surface area contributed by atoms with Crippen molar-refractivity contribution in [3.8, 4) is 0 Å². The third kappa shape index (κ3) is 2.93. The van der Waals surface area contributed by atoms with Crippen LogP contribution < -0.4 is 11.1 Å². The fraction of sp³-hybridized carbons (Fsp3) is 0.0769. The molecule has 2 aromatic carbocycles. The minimum atomic E-state index is 0.660. The Bertz CT molecular complexity index is 555. The van der Waals surface area contributed by atoms with Crippen molar-refractivity contribution in [3.63, 3.8) is 0 Å². The van der Waals surface area contributed by atoms with Crippen LogP contribution in [0.3, 0.4) is 0 Å². The van der Waals surface area contributed by atoms with Gasteiger partial charge in [-0.1, -0.05) is 33.6 Å². The van der Waals surface area contributed by atoms with Crippen molar-refractivity contribution in [1.82, 2.24) is 0 Å². The van der Waals surface area contributed by atoms with Crippen molar-refractivity contribution < 1.29 is 0 Å². The van der Waals surface area contributed by atoms with Crippen LogP contribution in [-0.4, -0.2) is 0 Å². The topological polar surface area (TPSA) is 38.0 Å². The summed E-state index contributed by atoms with van der Waals surface area (Å²) in [6, 6.07) is 11.5. The molecule has 0 aliphatic carbocycles. The zero-order chi connectivity index (χ0) is 12.4. The van der Waals surface area contributed by atoms with Crippen LogP contribution in [0, 0.1) is 6.92 Å². The van der Waals surface area contributed by atoms with Crippen molar-refractivity contribution in [1.29, 1.82) is 0 Å². The van der Waals surface area contributed by atoms with Gasteiger partial charge in [-0.3, -0.25) is 0 Å². The molecule has 0 spiro atoms. The molecule has 4 heteroatoms. The fourth-order valence-electron chi connectivity index (χ4n) is 1.53. The van der Waals surface area contributed by atoms with Gasteiger partial charge in [0.25, 0.3) is 0 Å². The lowest BCUT2D eigenvalue weighted by molar-refractivity contribution is 1.45. The van der Waals surface area contributed by atoms with E-state index < -0.39 is 0 Å². The molecule has 2 nitrogen and oxygen atoms in total. The number of hydrogen-bond donors (Lipinski definition) is 2. The average Bonchev–Trinajstić information content (AvgIpc) is 2.27. The highest BCUT2D eigenvalue weighted by Crippen LogP contribution is 2.31. The van der Waals surface area contributed by atoms with Gasteiger partial charge in [0.1, 0.15) is 0 Å². The van der Waals surface area contributed by atoms with Gasteiger partial charge in [0.05, 0.1) is 22.1 Å². The minimum Gasteiger partial charge on any atom is -0.397 e. The van der Waals surface area contributed by atoms with Gasteiger partial charge in [0.15, 0.2) is 0 Å². The summed E-state index contributed by atoms with van der Waals surface area (Å²) >= 11 is 9.52. The molecule has 88 valence electrons. The molecule has 0 heterocycles. The molecule has 0 fully saturated rings. The molecule has 0 aliphatic rings. The van der Waals surface area contributed by atoms with E-state index in [1.807, 2.05) is 43.3 Å². The maximum atomic E-state index is 6.11. The summed E-state index contributed by atoms with van der Waals surface area (Å²) in [5.41, 5.74) is 9.47. The van der Waals surface area contributed by atoms with E-state index in [9.17, 15) is 0 Å². The third-order valence-corrected chi connectivity index (χ3v) is 3.23. The maximum Gasteiger partial charge on any atom is 0.0641 e. The smallest absolute Gasteiger partial charge is 0.0641 e. The molecular formula is C13H12BrClN2. The number of nitrogens with one attached hydrogen (secondary N) is 1. The van der Waals surface area contributed by atoms with E-state index in [1.165, 1.54) is 0 Å². The molecule has 0 amide bonds. The van der Waals surface area contributed by atoms with Crippen LogP contribution in [0.2, 0.25) is 5.02 Å². The first-order chi connectivity index (χ1) is 8.06. The molecule has 3 N–H and O–H groups in total. The second-order valence-electron chi connectivity index (χ2n) is 3.84. The Labute approximate surface area is 114 Å². The van der Waals surface area contributed by atoms with Gasteiger partial charge in [-0.2, -0.15) is 0 Å². The summed E-state index contributed by atoms with van der Waals surface area (Å²) in [5.74, 6) is 0. The molecular weight excluding hydrogens is 300 g/mol. The second kappa shape index (κ2) is 4.98. The normalized spacial score (nSPS) is 10.3. The third-order valence-electron chi connectivity index (χ3n) is 2.40. The van der Waals surface area contributed by atoms with Crippen molar-refractivity contribution in [2.75, 3.05) is 11.1 Å². The highest BCUT2D eigenvalue weighted by molar-refractivity contribution is 9.10. The van der Waals surface area contributed by atoms with Crippen molar-refractivity contribution >= 4 is 44.6 Å². The Hall–Kier alpha value is -1.19. The lowest BCUT2D eigenvalue weighted by Crippen LogP contribution is -1.97. The van der Waals surface area contributed by atoms with E-state index >= 15 is 0 Å². The monoisotopic (exact) mass is 310 g/mol. The first-order valence-corrected chi connectivity index (χ1v) is 6.31. The maximum absolute atomic E-state index is 6.11. The van der Waals surface area contributed by atoms with E-state index in [0.29, 0.717) is 10.7 Å². The molecule has 2 aromatic rings. The van der Waals surface area contributed by atoms with E-state index in [0.717, 1.165) is 21.4 Å². The molecule has 0 aliphatic heterocycles. The van der Waals surface area contributed by atoms with Gasteiger partial charge >= 0.3 is 0 Å². The van der Waals surface area contributed by atoms with Crippen LogP contribution in [-0.2, 0) is 0 Å². The fourth-order valence-corrected chi connectivity index (χ4v) is 2.06. The van der Waals surface area contributed by atoms with Gasteiger partial charge in [-0.05, 0) is 42.8 Å². The summed E-state index contributed by atoms with van der Waals surface area (Å²) in [4.78, 5) is 0. The van der Waals surface area contributed by atoms with Crippen LogP contribution >= 0.6 is 27.5 Å². The summed E-state index contributed by atoms with van der Waals surface area (Å²) in [6.45, 7) is 2.01. The lowest BCUT2D eigenvalue weighted by Gasteiger charge is -2.11. The Kier molecular flexibility index (Phi) is 3.60. The first-order valence-electron chi connectivity index (χ1n) is 5.14. The molecule has 0 atom stereocenters. The quantitative estimate of drug-likeness (QED) is 0.786. The second-order valence-corrected chi connectivity index (χ2v) is 5.16. The van der Waals surface area contributed by atoms with Gasteiger partial charge in [-0.15, -0.1) is 0 Å². The van der Waals surface area contributed by atoms with Gasteiger partial charge in [0, 0.05) is 4.47 Å². The molecule has 17 heavy (non-hydrogen) atoms. The highest BCUT2D eigenvalue weighted by Gasteiger charge is 2.04. The number of rotatable bonds is 2. The van der Waals surface area contributed by atoms with Crippen LogP contribution in [0.15, 0.2) is 40.9 Å². The Morgan fingerprint density at radius 2 is 1.88 bits per heavy atom. The van der Waals surface area contributed by atoms with Gasteiger partial charge in [-0.25, -0.2) is 0 Å². The van der Waals surface area contributed by atoms with Crippen LogP contribution in [0.1, 0.15) is 5.56 Å². The summed E-state index contributed by atoms with van der Waals surface area (Å²) in [7, 11) is 0. The van der Waals surface area contributed by atoms with Gasteiger partial charge < -0.3 is 11.1 Å². The Morgan fingerprint density at radius 1 is 1.12 bits per heavy atom. The summed E-state index contributed by atoms with van der Waals surface area (Å²) in [5, 5.41) is 3.88. The van der Waals surface area contributed by atoms with Crippen molar-refractivity contribution in [2.45, 2.75) is 6.92 Å². The number of aryl methyl sites for hydroxylation is 1. The van der Waals surface area contributed by atoms with E-state index in [-0.39, 0.29) is 0 Å². The molecule has 0 bridgehead atoms. The number of anilines is 3. The predicted molar refractivity (Wildman–Crippen MR) is 78.0 cm³/mol. The Balaban J connectivity index is 2.34. The van der Waals surface area contributed by atoms with Crippen molar-refractivity contribution in [3.05, 3.63) is 51.5 Å². The highest BCUT2D eigenvalue weighted by atomic mass is 79.9. The largest absolute Gasteiger partial charge is 0.397 e. The predicted octanol–water partition coefficient (Wildman–Crippen LogP) is 4.74. The first kappa shape index (κ1) is 12.3. The number of nitrogens with two attached hydrogens (primary N) is 1. The molecule has 0 aromatic heterocycles. The zero-order valence-corrected chi connectivity index (χ0v) is 11.6. The summed E-state index contributed by atoms with van der Waals surface area (Å²) < 4.78 is 0.968. The van der Waals surface area contributed by atoms with Crippen LogP contribution in [0.25, 0.3) is 0 Å². The zero-order valence-electron chi connectivity index (χ0n) is 9.30. The Morgan fingerprint density at radius 3 is 2.59 bits per heavy atom. The van der Waals surface area contributed by atoms with Gasteiger partial charge in [0.2, 0.25) is 0 Å². The minimum absolute atomic E-state index is 0.660. The molecule has 0 saturated heterocycles. The van der Waals surface area contributed by atoms with E-state index in [2.05, 4.69) is 21.2 Å². The molecule has 0 radical (unpaired) electrons. The average molecular weight is 312 g/mol. The SMILES string of the molecule is Cc1ccc(Nc2cc(Br)ccc2Cl)c(N)c1. The number of nitrogen functional groups attached to an aromatic ring is 1. The lowest BCUT2D eigenvalue weighted by atomic mass is 10.2. The van der Waals surface area contributed by atoms with Crippen LogP contribution in [0.5, 0.6) is 0 Å². The molecule has 2 rings (SSSR count). The molecule has 0 unspecified atom stereocenters. The number of benzene rings is 2. The van der Waals surface area contributed by atoms with Crippen molar-refractivity contribution in [2.24, 2.45) is 0 Å². The number of halogens is 2. The van der Waals surface area contributed by atoms with E-state index in [4.69, 9.17) is 17.3 Å². The number of hydrogen-bond acceptors (Lipinski definition) is 2. The summed E-state index contributed by atoms with van der Waals surface area (Å²) in [6.07, 6.45) is 0.